The standard InChI is InChI=1S/C19H28N2O4.ClH/c1-14-6-7-15(2)17(13-14)25-16(3)19(24)21-11-9-20(10-12-21)8-4-5-18(22)23;/h6-7,13,16H,4-5,8-12H2,1-3H3,(H,22,23);1H. The molecule has 1 aromatic carbocycles. The van der Waals surface area contributed by atoms with Crippen molar-refractivity contribution in [1.82, 2.24) is 9.80 Å². The molecule has 1 aliphatic rings. The quantitative estimate of drug-likeness (QED) is 0.782. The molecule has 6 nitrogen and oxygen atoms in total. The Morgan fingerprint density at radius 2 is 1.85 bits per heavy atom. The van der Waals surface area contributed by atoms with E-state index in [1.807, 2.05) is 36.9 Å². The molecule has 0 radical (unpaired) electrons. The maximum atomic E-state index is 12.6. The molecular weight excluding hydrogens is 356 g/mol. The lowest BCUT2D eigenvalue weighted by Crippen LogP contribution is -2.52. The molecule has 1 unspecified atom stereocenters. The molecule has 1 aliphatic heterocycles. The number of rotatable bonds is 7. The molecule has 2 rings (SSSR count). The number of amides is 1. The van der Waals surface area contributed by atoms with Crippen LogP contribution in [0.4, 0.5) is 0 Å². The van der Waals surface area contributed by atoms with Gasteiger partial charge in [0.25, 0.3) is 5.91 Å². The van der Waals surface area contributed by atoms with Gasteiger partial charge in [0, 0.05) is 32.6 Å². The third-order valence-electron chi connectivity index (χ3n) is 4.54. The largest absolute Gasteiger partial charge is 0.481 e. The first-order valence-corrected chi connectivity index (χ1v) is 8.83. The summed E-state index contributed by atoms with van der Waals surface area (Å²) in [6.45, 7) is 9.42. The van der Waals surface area contributed by atoms with E-state index < -0.39 is 12.1 Å². The maximum absolute atomic E-state index is 12.6. The molecule has 146 valence electrons. The average Bonchev–Trinajstić information content (AvgIpc) is 2.58. The molecular formula is C19H29ClN2O4. The summed E-state index contributed by atoms with van der Waals surface area (Å²) in [6.07, 6.45) is 0.328. The number of carboxylic acid groups (broad SMARTS) is 1. The lowest BCUT2D eigenvalue weighted by atomic mass is 10.1. The van der Waals surface area contributed by atoms with Crippen LogP contribution in [0.2, 0.25) is 0 Å². The number of carbonyl (C=O) groups excluding carboxylic acids is 1. The van der Waals surface area contributed by atoms with E-state index in [0.717, 1.165) is 36.5 Å². The topological polar surface area (TPSA) is 70.1 Å². The Morgan fingerprint density at radius 1 is 1.19 bits per heavy atom. The van der Waals surface area contributed by atoms with Gasteiger partial charge in [0.05, 0.1) is 0 Å². The lowest BCUT2D eigenvalue weighted by Gasteiger charge is -2.35. The van der Waals surface area contributed by atoms with Crippen molar-refractivity contribution >= 4 is 24.3 Å². The van der Waals surface area contributed by atoms with Crippen LogP contribution in [0.25, 0.3) is 0 Å². The van der Waals surface area contributed by atoms with Gasteiger partial charge >= 0.3 is 5.97 Å². The number of aliphatic carboxylic acids is 1. The number of ether oxygens (including phenoxy) is 1. The van der Waals surface area contributed by atoms with Gasteiger partial charge in [-0.2, -0.15) is 0 Å². The van der Waals surface area contributed by atoms with Crippen LogP contribution in [0.1, 0.15) is 30.9 Å². The van der Waals surface area contributed by atoms with Crippen LogP contribution in [0.5, 0.6) is 5.75 Å². The third kappa shape index (κ3) is 6.50. The first kappa shape index (κ1) is 22.3. The molecule has 1 amide bonds. The van der Waals surface area contributed by atoms with E-state index in [1.165, 1.54) is 0 Å². The van der Waals surface area contributed by atoms with Crippen molar-refractivity contribution in [3.8, 4) is 5.75 Å². The highest BCUT2D eigenvalue weighted by molar-refractivity contribution is 5.85. The molecule has 1 fully saturated rings. The van der Waals surface area contributed by atoms with Gasteiger partial charge in [0.1, 0.15) is 5.75 Å². The number of carbonyl (C=O) groups is 2. The van der Waals surface area contributed by atoms with E-state index in [4.69, 9.17) is 9.84 Å². The number of benzene rings is 1. The van der Waals surface area contributed by atoms with E-state index in [9.17, 15) is 9.59 Å². The Labute approximate surface area is 161 Å². The maximum Gasteiger partial charge on any atom is 0.303 e. The van der Waals surface area contributed by atoms with E-state index in [-0.39, 0.29) is 24.7 Å². The van der Waals surface area contributed by atoms with Crippen molar-refractivity contribution in [3.05, 3.63) is 29.3 Å². The minimum atomic E-state index is -0.758. The van der Waals surface area contributed by atoms with Crippen LogP contribution in [0.3, 0.4) is 0 Å². The predicted octanol–water partition coefficient (Wildman–Crippen LogP) is 2.50. The Bertz CT molecular complexity index is 616. The number of aryl methyl sites for hydroxylation is 2. The van der Waals surface area contributed by atoms with Crippen molar-refractivity contribution in [2.24, 2.45) is 0 Å². The highest BCUT2D eigenvalue weighted by atomic mass is 35.5. The SMILES string of the molecule is Cc1ccc(C)c(OC(C)C(=O)N2CCN(CCCC(=O)O)CC2)c1.Cl. The average molecular weight is 385 g/mol. The zero-order chi connectivity index (χ0) is 18.4. The molecule has 0 aliphatic carbocycles. The van der Waals surface area contributed by atoms with Crippen LogP contribution in [0, 0.1) is 13.8 Å². The number of hydrogen-bond donors (Lipinski definition) is 1. The minimum Gasteiger partial charge on any atom is -0.481 e. The molecule has 0 aromatic heterocycles. The van der Waals surface area contributed by atoms with Gasteiger partial charge in [-0.05, 0) is 50.9 Å². The summed E-state index contributed by atoms with van der Waals surface area (Å²) in [6, 6.07) is 5.98. The van der Waals surface area contributed by atoms with Gasteiger partial charge in [0.2, 0.25) is 0 Å². The first-order chi connectivity index (χ1) is 11.9. The second-order valence-electron chi connectivity index (χ2n) is 6.69. The zero-order valence-electron chi connectivity index (χ0n) is 15.7. The van der Waals surface area contributed by atoms with E-state index in [1.54, 1.807) is 6.92 Å². The second kappa shape index (κ2) is 10.4. The third-order valence-corrected chi connectivity index (χ3v) is 4.54. The molecule has 1 aromatic rings. The summed E-state index contributed by atoms with van der Waals surface area (Å²) in [5.74, 6) is 0.00507. The number of halogens is 1. The van der Waals surface area contributed by atoms with Crippen molar-refractivity contribution in [1.29, 1.82) is 0 Å². The fourth-order valence-electron chi connectivity index (χ4n) is 2.98. The molecule has 0 saturated carbocycles. The van der Waals surface area contributed by atoms with Crippen LogP contribution >= 0.6 is 12.4 Å². The summed E-state index contributed by atoms with van der Waals surface area (Å²) in [7, 11) is 0. The van der Waals surface area contributed by atoms with Crippen molar-refractivity contribution in [2.75, 3.05) is 32.7 Å². The summed E-state index contributed by atoms with van der Waals surface area (Å²) in [5, 5.41) is 8.69. The van der Waals surface area contributed by atoms with Crippen LogP contribution < -0.4 is 4.74 Å². The molecule has 1 N–H and O–H groups in total. The molecule has 0 spiro atoms. The minimum absolute atomic E-state index is 0. The summed E-state index contributed by atoms with van der Waals surface area (Å²) in [4.78, 5) is 27.2. The van der Waals surface area contributed by atoms with Gasteiger partial charge in [0.15, 0.2) is 6.10 Å². The molecule has 1 atom stereocenters. The smallest absolute Gasteiger partial charge is 0.303 e. The van der Waals surface area contributed by atoms with Gasteiger partial charge in [-0.25, -0.2) is 0 Å². The van der Waals surface area contributed by atoms with Crippen LogP contribution in [0.15, 0.2) is 18.2 Å². The van der Waals surface area contributed by atoms with E-state index in [0.29, 0.717) is 19.5 Å². The lowest BCUT2D eigenvalue weighted by molar-refractivity contribution is -0.139. The van der Waals surface area contributed by atoms with Crippen LogP contribution in [-0.2, 0) is 9.59 Å². The molecule has 1 heterocycles. The number of hydrogen-bond acceptors (Lipinski definition) is 4. The number of nitrogens with zero attached hydrogens (tertiary/aromatic N) is 2. The second-order valence-corrected chi connectivity index (χ2v) is 6.69. The predicted molar refractivity (Wildman–Crippen MR) is 103 cm³/mol. The molecule has 26 heavy (non-hydrogen) atoms. The normalized spacial score (nSPS) is 15.9. The van der Waals surface area contributed by atoms with Gasteiger partial charge in [-0.3, -0.25) is 14.5 Å². The monoisotopic (exact) mass is 384 g/mol. The number of carboxylic acids is 1. The Balaban J connectivity index is 0.00000338. The zero-order valence-corrected chi connectivity index (χ0v) is 16.6. The number of piperazine rings is 1. The molecule has 0 bridgehead atoms. The van der Waals surface area contributed by atoms with Crippen LogP contribution in [-0.4, -0.2) is 65.6 Å². The first-order valence-electron chi connectivity index (χ1n) is 8.83. The Kier molecular flexibility index (Phi) is 8.88. The fraction of sp³-hybridized carbons (Fsp3) is 0.579. The Morgan fingerprint density at radius 3 is 2.46 bits per heavy atom. The van der Waals surface area contributed by atoms with E-state index >= 15 is 0 Å². The highest BCUT2D eigenvalue weighted by Crippen LogP contribution is 2.21. The Hall–Kier alpha value is -1.79. The van der Waals surface area contributed by atoms with Gasteiger partial charge in [-0.1, -0.05) is 12.1 Å². The van der Waals surface area contributed by atoms with Crippen molar-refractivity contribution in [2.45, 2.75) is 39.7 Å². The van der Waals surface area contributed by atoms with Crippen molar-refractivity contribution < 1.29 is 19.4 Å². The van der Waals surface area contributed by atoms with E-state index in [2.05, 4.69) is 4.90 Å². The summed E-state index contributed by atoms with van der Waals surface area (Å²) < 4.78 is 5.89. The fourth-order valence-corrected chi connectivity index (χ4v) is 2.98. The highest BCUT2D eigenvalue weighted by Gasteiger charge is 2.26. The van der Waals surface area contributed by atoms with Crippen molar-refractivity contribution in [3.63, 3.8) is 0 Å². The molecule has 7 heteroatoms. The summed E-state index contributed by atoms with van der Waals surface area (Å²) >= 11 is 0. The van der Waals surface area contributed by atoms with Gasteiger partial charge < -0.3 is 14.7 Å². The molecule has 1 saturated heterocycles. The summed E-state index contributed by atoms with van der Waals surface area (Å²) in [5.41, 5.74) is 2.13. The van der Waals surface area contributed by atoms with Gasteiger partial charge in [-0.15, -0.1) is 12.4 Å².